The number of hydroxylamine groups is 2. The molecule has 490 valence electrons. The number of carbonyl (C=O) groups excluding carboxylic acids is 12. The molecule has 1 aliphatic heterocycles. The highest BCUT2D eigenvalue weighted by molar-refractivity contribution is 6.00. The van der Waals surface area contributed by atoms with Crippen molar-refractivity contribution in [2.75, 3.05) is 42.3 Å². The van der Waals surface area contributed by atoms with E-state index in [1.165, 1.54) is 91.6 Å². The third-order valence-electron chi connectivity index (χ3n) is 16.3. The monoisotopic (exact) mass is 1220 g/mol. The molecule has 0 unspecified atom stereocenters. The van der Waals surface area contributed by atoms with Crippen LogP contribution in [0.5, 0.6) is 0 Å². The number of hydrogen-bond donors (Lipinski definition) is 5. The van der Waals surface area contributed by atoms with Crippen LogP contribution in [-0.4, -0.2) is 220 Å². The molecule has 0 aromatic carbocycles. The van der Waals surface area contributed by atoms with Crippen LogP contribution in [-0.2, 0) is 57.5 Å². The lowest BCUT2D eigenvalue weighted by atomic mass is 9.83. The van der Waals surface area contributed by atoms with E-state index >= 15 is 4.79 Å². The van der Waals surface area contributed by atoms with E-state index in [0.29, 0.717) is 17.8 Å². The first kappa shape index (κ1) is 77.6. The molecule has 1 saturated heterocycles. The van der Waals surface area contributed by atoms with Gasteiger partial charge in [-0.25, -0.2) is 5.06 Å². The zero-order valence-corrected chi connectivity index (χ0v) is 56.3. The fraction of sp³-hybridized carbons (Fsp3) is 0.774. The quantitative estimate of drug-likeness (QED) is 0.0891. The van der Waals surface area contributed by atoms with Gasteiger partial charge in [0, 0.05) is 47.7 Å². The number of amides is 11. The molecule has 1 rings (SSSR count). The zero-order chi connectivity index (χ0) is 66.9. The van der Waals surface area contributed by atoms with Crippen molar-refractivity contribution < 1.29 is 62.7 Å². The lowest BCUT2D eigenvalue weighted by molar-refractivity contribution is -0.189. The topological polar surface area (TPSA) is 296 Å². The highest BCUT2D eigenvalue weighted by atomic mass is 16.5. The maximum atomic E-state index is 15.0. The van der Waals surface area contributed by atoms with Crippen LogP contribution >= 0.6 is 0 Å². The summed E-state index contributed by atoms with van der Waals surface area (Å²) in [6.07, 6.45) is 4.81. The van der Waals surface area contributed by atoms with Crippen molar-refractivity contribution in [1.82, 2.24) is 55.7 Å². The molecule has 24 heteroatoms. The van der Waals surface area contributed by atoms with Crippen molar-refractivity contribution in [2.24, 2.45) is 40.9 Å². The van der Waals surface area contributed by atoms with Gasteiger partial charge in [-0.1, -0.05) is 109 Å². The van der Waals surface area contributed by atoms with Crippen LogP contribution in [0.1, 0.15) is 163 Å². The Labute approximate surface area is 513 Å². The van der Waals surface area contributed by atoms with E-state index in [0.717, 1.165) is 14.7 Å². The van der Waals surface area contributed by atoms with Crippen LogP contribution < -0.4 is 21.3 Å². The molecule has 0 radical (unpaired) electrons. The van der Waals surface area contributed by atoms with E-state index in [2.05, 4.69) is 21.3 Å². The molecule has 0 aromatic rings. The number of hydrogen-bond acceptors (Lipinski definition) is 13. The van der Waals surface area contributed by atoms with Gasteiger partial charge in [0.15, 0.2) is 0 Å². The van der Waals surface area contributed by atoms with Crippen molar-refractivity contribution in [3.63, 3.8) is 0 Å². The molecule has 0 aliphatic carbocycles. The largest absolute Gasteiger partial charge is 0.343 e. The summed E-state index contributed by atoms with van der Waals surface area (Å²) in [7, 11) is 8.20. The van der Waals surface area contributed by atoms with Gasteiger partial charge < -0.3 is 55.5 Å². The van der Waals surface area contributed by atoms with Crippen LogP contribution in [0.2, 0.25) is 0 Å². The second-order valence-electron chi connectivity index (χ2n) is 26.3. The molecule has 0 saturated carbocycles. The maximum Gasteiger partial charge on any atom is 0.269 e. The van der Waals surface area contributed by atoms with Crippen molar-refractivity contribution >= 4 is 71.3 Å². The summed E-state index contributed by atoms with van der Waals surface area (Å²) in [4.78, 5) is 180. The van der Waals surface area contributed by atoms with Gasteiger partial charge in [-0.15, -0.1) is 0 Å². The molecule has 1 heterocycles. The minimum Gasteiger partial charge on any atom is -0.343 e. The molecule has 0 spiro atoms. The number of allylic oxidation sites excluding steroid dienone is 2. The lowest BCUT2D eigenvalue weighted by Crippen LogP contribution is -2.63. The first-order valence-corrected chi connectivity index (χ1v) is 30.5. The Kier molecular flexibility index (Phi) is 30.8. The molecule has 12 atom stereocenters. The fourth-order valence-electron chi connectivity index (χ4n) is 10.8. The molecular weight excluding hydrogens is 1110 g/mol. The van der Waals surface area contributed by atoms with Crippen molar-refractivity contribution in [3.05, 3.63) is 12.2 Å². The van der Waals surface area contributed by atoms with E-state index in [-0.39, 0.29) is 55.8 Å². The van der Waals surface area contributed by atoms with Gasteiger partial charge in [0.25, 0.3) is 5.91 Å². The van der Waals surface area contributed by atoms with Gasteiger partial charge in [-0.05, 0) is 102 Å². The summed E-state index contributed by atoms with van der Waals surface area (Å²) in [6.45, 7) is 30.0. The van der Waals surface area contributed by atoms with Gasteiger partial charge in [-0.3, -0.25) is 57.9 Å². The molecular formula is C62H109N11O13. The third kappa shape index (κ3) is 20.6. The number of rotatable bonds is 15. The highest BCUT2D eigenvalue weighted by Gasteiger charge is 2.47. The predicted octanol–water partition coefficient (Wildman–Crippen LogP) is 3.63. The Balaban J connectivity index is 4.37. The van der Waals surface area contributed by atoms with Crippen LogP contribution in [0.25, 0.3) is 0 Å². The minimum absolute atomic E-state index is 0.0295. The number of nitrogens with zero attached hydrogens (tertiary/aromatic N) is 7. The van der Waals surface area contributed by atoms with E-state index in [4.69, 9.17) is 0 Å². The number of carbonyl (C=O) groups is 12. The molecule has 1 fully saturated rings. The van der Waals surface area contributed by atoms with Crippen LogP contribution in [0, 0.1) is 40.9 Å². The van der Waals surface area contributed by atoms with Crippen molar-refractivity contribution in [2.45, 2.75) is 230 Å². The van der Waals surface area contributed by atoms with Crippen LogP contribution in [0.3, 0.4) is 0 Å². The normalized spacial score (nSPS) is 27.3. The Morgan fingerprint density at radius 3 is 1.40 bits per heavy atom. The summed E-state index contributed by atoms with van der Waals surface area (Å²) in [5.41, 5.74) is -1.60. The predicted molar refractivity (Wildman–Crippen MR) is 328 cm³/mol. The standard InChI is InChI=1S/C62H109N11O13/c1-25-27-28-39(13)32-45-53(77)65-43(26-2)57(81)67(19)42(16)56(80)72(24)50(62(17,18)33-74)54(78)66-48(37(9)10)60(84)68(20)44(29-34(3)4)52(76)63-40(14)51(75)64-41(15)55(79)69(21)46(30-35(5)6)58(82)70(22)47(31-36(7)8)59(83)71(23)49(38(11)12)61(85)73(45)86/h25,27,33-50,86H,26,28-32H2,1-24H3,(H,63,76)(H,64,75)(H,65,77)(H,66,78)/b27-25+/t39-,40+,41-,42-,43+,44+,45+,46+,47+,48+,49+,50-/m1/s1. The van der Waals surface area contributed by atoms with E-state index < -0.39 is 149 Å². The van der Waals surface area contributed by atoms with Crippen molar-refractivity contribution in [3.8, 4) is 0 Å². The Bertz CT molecular complexity index is 2410. The average Bonchev–Trinajstić information content (AvgIpc) is 2.45. The molecule has 1 aliphatic rings. The van der Waals surface area contributed by atoms with Crippen molar-refractivity contribution in [1.29, 1.82) is 0 Å². The number of likely N-dealkylation sites (N-methyl/N-ethyl adjacent to an activating group) is 6. The Morgan fingerprint density at radius 2 is 0.942 bits per heavy atom. The number of aldehydes is 1. The molecule has 24 nitrogen and oxygen atoms in total. The minimum atomic E-state index is -1.62. The van der Waals surface area contributed by atoms with Gasteiger partial charge in [0.05, 0.1) is 0 Å². The maximum absolute atomic E-state index is 15.0. The van der Waals surface area contributed by atoms with E-state index in [9.17, 15) is 57.9 Å². The third-order valence-corrected chi connectivity index (χ3v) is 16.3. The summed E-state index contributed by atoms with van der Waals surface area (Å²) in [5, 5.41) is 23.1. The van der Waals surface area contributed by atoms with E-state index in [1.807, 2.05) is 67.5 Å². The van der Waals surface area contributed by atoms with Gasteiger partial charge in [-0.2, -0.15) is 0 Å². The lowest BCUT2D eigenvalue weighted by Gasteiger charge is -2.40. The Hall–Kier alpha value is -6.46. The molecule has 0 bridgehead atoms. The Morgan fingerprint density at radius 1 is 0.488 bits per heavy atom. The SMILES string of the molecule is C/C=C/C[C@@H](C)C[C@H]1C(=O)N[C@@H](CC)C(=O)N(C)[C@H](C)C(=O)N(C)[C@@H](C(C)(C)C=O)C(=O)N[C@@H](C(C)C)C(=O)N(C)[C@@H](CC(C)C)C(=O)N[C@@H](C)C(=O)N[C@H](C)C(=O)N(C)[C@@H](CC(C)C)C(=O)N(C)[C@@H](CC(C)C)C(=O)N(C)[C@@H](C(C)C)C(=O)N1O. The molecule has 86 heavy (non-hydrogen) atoms. The summed E-state index contributed by atoms with van der Waals surface area (Å²) < 4.78 is 0. The molecule has 11 amide bonds. The number of nitrogens with one attached hydrogen (secondary N) is 4. The highest BCUT2D eigenvalue weighted by Crippen LogP contribution is 2.27. The summed E-state index contributed by atoms with van der Waals surface area (Å²) in [6, 6.07) is -14.7. The van der Waals surface area contributed by atoms with Crippen LogP contribution in [0.4, 0.5) is 0 Å². The molecule has 0 aromatic heterocycles. The first-order valence-electron chi connectivity index (χ1n) is 30.5. The molecule has 5 N–H and O–H groups in total. The summed E-state index contributed by atoms with van der Waals surface area (Å²) in [5.74, 6) is -10.7. The second kappa shape index (κ2) is 34.2. The zero-order valence-electron chi connectivity index (χ0n) is 56.3. The van der Waals surface area contributed by atoms with E-state index in [1.54, 1.807) is 34.6 Å². The smallest absolute Gasteiger partial charge is 0.269 e. The average molecular weight is 1220 g/mol. The van der Waals surface area contributed by atoms with Gasteiger partial charge >= 0.3 is 0 Å². The fourth-order valence-corrected chi connectivity index (χ4v) is 10.8. The van der Waals surface area contributed by atoms with Crippen LogP contribution in [0.15, 0.2) is 12.2 Å². The van der Waals surface area contributed by atoms with Gasteiger partial charge in [0.1, 0.15) is 72.7 Å². The summed E-state index contributed by atoms with van der Waals surface area (Å²) >= 11 is 0. The van der Waals surface area contributed by atoms with Gasteiger partial charge in [0.2, 0.25) is 59.1 Å². The first-order chi connectivity index (χ1) is 39.6. The second-order valence-corrected chi connectivity index (χ2v) is 26.3.